The number of piperazine rings is 1. The Hall–Kier alpha value is -0.880. The molecule has 1 heterocycles. The van der Waals surface area contributed by atoms with Crippen molar-refractivity contribution in [3.63, 3.8) is 0 Å². The summed E-state index contributed by atoms with van der Waals surface area (Å²) < 4.78 is 5.28. The van der Waals surface area contributed by atoms with Crippen molar-refractivity contribution in [3.8, 4) is 5.75 Å². The molecule has 1 aromatic carbocycles. The van der Waals surface area contributed by atoms with Gasteiger partial charge in [-0.15, -0.1) is 24.8 Å². The van der Waals surface area contributed by atoms with E-state index in [0.717, 1.165) is 32.1 Å². The summed E-state index contributed by atoms with van der Waals surface area (Å²) in [6.45, 7) is 4.55. The minimum Gasteiger partial charge on any atom is -0.496 e. The molecule has 2 N–H and O–H groups in total. The number of benzene rings is 1. The second-order valence-corrected chi connectivity index (χ2v) is 6.52. The van der Waals surface area contributed by atoms with Gasteiger partial charge in [-0.2, -0.15) is 0 Å². The largest absolute Gasteiger partial charge is 0.496 e. The van der Waals surface area contributed by atoms with Gasteiger partial charge in [-0.3, -0.25) is 9.69 Å². The number of methoxy groups -OCH3 is 1. The molecule has 1 amide bonds. The Balaban J connectivity index is 0.00000144. The van der Waals surface area contributed by atoms with Crippen LogP contribution in [0.3, 0.4) is 0 Å². The minimum atomic E-state index is -0.0372. The monoisotopic (exact) mass is 395 g/mol. The topological polar surface area (TPSA) is 58.8 Å². The normalized spacial score (nSPS) is 17.7. The number of hydrogen-bond acceptors (Lipinski definition) is 4. The average Bonchev–Trinajstić information content (AvgIpc) is 3.33. The van der Waals surface area contributed by atoms with E-state index in [1.807, 2.05) is 4.90 Å². The molecule has 0 unspecified atom stereocenters. The van der Waals surface area contributed by atoms with Crippen LogP contribution >= 0.6 is 36.4 Å². The van der Waals surface area contributed by atoms with Crippen LogP contribution in [-0.2, 0) is 0 Å². The lowest BCUT2D eigenvalue weighted by Crippen LogP contribution is -2.49. The van der Waals surface area contributed by atoms with E-state index in [-0.39, 0.29) is 30.7 Å². The average molecular weight is 397 g/mol. The number of nitrogen functional groups attached to an aromatic ring is 1. The van der Waals surface area contributed by atoms with Crippen molar-refractivity contribution < 1.29 is 9.53 Å². The molecule has 1 saturated carbocycles. The van der Waals surface area contributed by atoms with Crippen LogP contribution in [0.15, 0.2) is 12.1 Å². The number of amides is 1. The van der Waals surface area contributed by atoms with Gasteiger partial charge in [0.2, 0.25) is 0 Å². The number of ether oxygens (including phenoxy) is 1. The summed E-state index contributed by atoms with van der Waals surface area (Å²) in [4.78, 5) is 17.0. The van der Waals surface area contributed by atoms with Crippen LogP contribution in [0.5, 0.6) is 5.75 Å². The van der Waals surface area contributed by atoms with Crippen molar-refractivity contribution in [3.05, 3.63) is 22.7 Å². The Morgan fingerprint density at radius 3 is 2.42 bits per heavy atom. The highest BCUT2D eigenvalue weighted by molar-refractivity contribution is 6.33. The van der Waals surface area contributed by atoms with Gasteiger partial charge in [-0.25, -0.2) is 0 Å². The van der Waals surface area contributed by atoms with Crippen LogP contribution in [-0.4, -0.2) is 55.5 Å². The number of nitrogens with zero attached hydrogens (tertiary/aromatic N) is 2. The Bertz CT molecular complexity index is 574. The fourth-order valence-electron chi connectivity index (χ4n) is 2.87. The van der Waals surface area contributed by atoms with E-state index in [0.29, 0.717) is 22.0 Å². The molecule has 24 heavy (non-hydrogen) atoms. The summed E-state index contributed by atoms with van der Waals surface area (Å²) >= 11 is 6.05. The van der Waals surface area contributed by atoms with Crippen LogP contribution in [0.2, 0.25) is 5.02 Å². The van der Waals surface area contributed by atoms with Crippen molar-refractivity contribution in [2.75, 3.05) is 45.6 Å². The summed E-state index contributed by atoms with van der Waals surface area (Å²) in [7, 11) is 1.53. The molecule has 0 spiro atoms. The van der Waals surface area contributed by atoms with E-state index >= 15 is 0 Å². The van der Waals surface area contributed by atoms with Crippen molar-refractivity contribution in [1.82, 2.24) is 9.80 Å². The molecule has 1 aromatic rings. The van der Waals surface area contributed by atoms with E-state index in [1.54, 1.807) is 12.1 Å². The molecule has 1 aliphatic carbocycles. The van der Waals surface area contributed by atoms with Gasteiger partial charge in [0, 0.05) is 38.8 Å². The van der Waals surface area contributed by atoms with E-state index in [1.165, 1.54) is 26.5 Å². The lowest BCUT2D eigenvalue weighted by Gasteiger charge is -2.35. The number of halogens is 3. The third-order valence-electron chi connectivity index (χ3n) is 4.42. The highest BCUT2D eigenvalue weighted by atomic mass is 35.5. The quantitative estimate of drug-likeness (QED) is 0.795. The molecule has 8 heteroatoms. The number of rotatable bonds is 4. The fourth-order valence-corrected chi connectivity index (χ4v) is 3.04. The number of carbonyl (C=O) groups excluding carboxylic acids is 1. The van der Waals surface area contributed by atoms with Gasteiger partial charge in [0.1, 0.15) is 5.75 Å². The van der Waals surface area contributed by atoms with E-state index in [2.05, 4.69) is 4.90 Å². The molecule has 0 aromatic heterocycles. The maximum absolute atomic E-state index is 12.7. The Labute approximate surface area is 160 Å². The maximum Gasteiger partial charge on any atom is 0.257 e. The zero-order valence-corrected chi connectivity index (χ0v) is 16.1. The molecule has 2 fully saturated rings. The lowest BCUT2D eigenvalue weighted by molar-refractivity contribution is 0.0629. The van der Waals surface area contributed by atoms with Gasteiger partial charge in [0.05, 0.1) is 23.4 Å². The molecule has 1 saturated heterocycles. The summed E-state index contributed by atoms with van der Waals surface area (Å²) in [5, 5.41) is 0.386. The van der Waals surface area contributed by atoms with Gasteiger partial charge in [0.25, 0.3) is 5.91 Å². The predicted molar refractivity (Wildman–Crippen MR) is 102 cm³/mol. The second-order valence-electron chi connectivity index (χ2n) is 6.11. The number of carbonyl (C=O) groups is 1. The molecular formula is C16H24Cl3N3O2. The molecule has 1 aliphatic heterocycles. The Kier molecular flexibility index (Phi) is 7.93. The van der Waals surface area contributed by atoms with Gasteiger partial charge in [0.15, 0.2) is 0 Å². The van der Waals surface area contributed by atoms with Crippen LogP contribution in [0, 0.1) is 5.92 Å². The summed E-state index contributed by atoms with van der Waals surface area (Å²) in [5.41, 5.74) is 6.67. The highest BCUT2D eigenvalue weighted by Crippen LogP contribution is 2.31. The second kappa shape index (κ2) is 8.99. The predicted octanol–water partition coefficient (Wildman–Crippen LogP) is 2.94. The molecule has 0 atom stereocenters. The maximum atomic E-state index is 12.7. The van der Waals surface area contributed by atoms with Crippen molar-refractivity contribution in [1.29, 1.82) is 0 Å². The first-order valence-corrected chi connectivity index (χ1v) is 8.11. The summed E-state index contributed by atoms with van der Waals surface area (Å²) in [6.07, 6.45) is 2.72. The zero-order chi connectivity index (χ0) is 15.7. The number of hydrogen-bond donors (Lipinski definition) is 1. The lowest BCUT2D eigenvalue weighted by atomic mass is 10.1. The first-order valence-electron chi connectivity index (χ1n) is 7.73. The van der Waals surface area contributed by atoms with Crippen LogP contribution in [0.4, 0.5) is 5.69 Å². The number of anilines is 1. The Morgan fingerprint density at radius 2 is 1.88 bits per heavy atom. The van der Waals surface area contributed by atoms with E-state index < -0.39 is 0 Å². The molecule has 5 nitrogen and oxygen atoms in total. The van der Waals surface area contributed by atoms with Crippen LogP contribution < -0.4 is 10.5 Å². The van der Waals surface area contributed by atoms with Crippen LogP contribution in [0.1, 0.15) is 23.2 Å². The molecule has 2 aliphatic rings. The first kappa shape index (κ1) is 21.2. The first-order chi connectivity index (χ1) is 10.6. The van der Waals surface area contributed by atoms with E-state index in [4.69, 9.17) is 22.1 Å². The van der Waals surface area contributed by atoms with E-state index in [9.17, 15) is 4.79 Å². The molecule has 3 rings (SSSR count). The summed E-state index contributed by atoms with van der Waals surface area (Å²) in [6, 6.07) is 3.22. The third-order valence-corrected chi connectivity index (χ3v) is 4.75. The SMILES string of the molecule is COc1cc(N)c(Cl)cc1C(=O)N1CCN(CC2CC2)CC1.Cl.Cl. The minimum absolute atomic E-state index is 0. The van der Waals surface area contributed by atoms with Crippen LogP contribution in [0.25, 0.3) is 0 Å². The smallest absolute Gasteiger partial charge is 0.257 e. The van der Waals surface area contributed by atoms with Gasteiger partial charge in [-0.1, -0.05) is 11.6 Å². The van der Waals surface area contributed by atoms with Crippen molar-refractivity contribution in [2.45, 2.75) is 12.8 Å². The van der Waals surface area contributed by atoms with Gasteiger partial charge in [-0.05, 0) is 24.8 Å². The van der Waals surface area contributed by atoms with Crippen molar-refractivity contribution in [2.24, 2.45) is 5.92 Å². The molecular weight excluding hydrogens is 373 g/mol. The summed E-state index contributed by atoms with van der Waals surface area (Å²) in [5.74, 6) is 1.33. The van der Waals surface area contributed by atoms with Gasteiger partial charge < -0.3 is 15.4 Å². The standard InChI is InChI=1S/C16H22ClN3O2.2ClH/c1-22-15-9-14(18)13(17)8-12(15)16(21)20-6-4-19(5-7-20)10-11-2-3-11;;/h8-9,11H,2-7,10,18H2,1H3;2*1H. The van der Waals surface area contributed by atoms with Gasteiger partial charge >= 0.3 is 0 Å². The highest BCUT2D eigenvalue weighted by Gasteiger charge is 2.29. The molecule has 136 valence electrons. The third kappa shape index (κ3) is 4.82. The number of nitrogens with two attached hydrogens (primary N) is 1. The fraction of sp³-hybridized carbons (Fsp3) is 0.562. The zero-order valence-electron chi connectivity index (χ0n) is 13.7. The Morgan fingerprint density at radius 1 is 1.25 bits per heavy atom. The molecule has 0 radical (unpaired) electrons. The molecule has 0 bridgehead atoms. The van der Waals surface area contributed by atoms with Crippen molar-refractivity contribution >= 4 is 48.0 Å².